The number of hydrogen-bond acceptors (Lipinski definition) is 9. The van der Waals surface area contributed by atoms with E-state index in [9.17, 15) is 4.79 Å². The number of aromatic nitrogens is 6. The number of carbonyl (C=O) groups is 1. The van der Waals surface area contributed by atoms with Crippen LogP contribution in [0.15, 0.2) is 42.3 Å². The Kier molecular flexibility index (Phi) is 7.46. The molecule has 1 amide bonds. The van der Waals surface area contributed by atoms with Crippen molar-refractivity contribution in [1.82, 2.24) is 34.8 Å². The number of thiazole rings is 1. The lowest BCUT2D eigenvalue weighted by Gasteiger charge is -2.38. The van der Waals surface area contributed by atoms with Gasteiger partial charge in [-0.2, -0.15) is 0 Å². The first-order valence-electron chi connectivity index (χ1n) is 13.2. The summed E-state index contributed by atoms with van der Waals surface area (Å²) in [7, 11) is 0. The number of piperazine rings is 1. The van der Waals surface area contributed by atoms with Gasteiger partial charge >= 0.3 is 0 Å². The molecular weight excluding hydrogens is 510 g/mol. The zero-order valence-electron chi connectivity index (χ0n) is 23.3. The molecule has 1 fully saturated rings. The highest BCUT2D eigenvalue weighted by atomic mass is 32.1. The highest BCUT2D eigenvalue weighted by Gasteiger charge is 2.21. The molecule has 0 aromatic carbocycles. The van der Waals surface area contributed by atoms with Gasteiger partial charge in [0.15, 0.2) is 5.13 Å². The van der Waals surface area contributed by atoms with E-state index in [1.54, 1.807) is 23.1 Å². The van der Waals surface area contributed by atoms with Gasteiger partial charge in [0.2, 0.25) is 0 Å². The van der Waals surface area contributed by atoms with Crippen LogP contribution in [0.1, 0.15) is 56.4 Å². The van der Waals surface area contributed by atoms with Gasteiger partial charge in [0, 0.05) is 61.0 Å². The van der Waals surface area contributed by atoms with Crippen molar-refractivity contribution in [1.29, 1.82) is 0 Å². The number of rotatable bonds is 6. The van der Waals surface area contributed by atoms with Gasteiger partial charge < -0.3 is 4.90 Å². The van der Waals surface area contributed by atoms with Crippen LogP contribution >= 0.6 is 11.3 Å². The molecular formula is C28H35N9OS. The van der Waals surface area contributed by atoms with Crippen molar-refractivity contribution >= 4 is 28.1 Å². The van der Waals surface area contributed by atoms with Crippen LogP contribution in [0.4, 0.5) is 10.8 Å². The maximum absolute atomic E-state index is 13.0. The van der Waals surface area contributed by atoms with Gasteiger partial charge in [-0.1, -0.05) is 26.0 Å². The molecule has 10 nitrogen and oxygen atoms in total. The zero-order valence-corrected chi connectivity index (χ0v) is 24.2. The summed E-state index contributed by atoms with van der Waals surface area (Å²) in [6.45, 7) is 16.6. The Morgan fingerprint density at radius 1 is 1.08 bits per heavy atom. The lowest BCUT2D eigenvalue weighted by molar-refractivity contribution is 0.102. The number of nitrogens with zero attached hydrogens (tertiary/aromatic N) is 8. The minimum Gasteiger partial charge on any atom is -0.368 e. The van der Waals surface area contributed by atoms with Crippen molar-refractivity contribution in [3.05, 3.63) is 59.3 Å². The minimum atomic E-state index is -0.270. The molecule has 1 saturated heterocycles. The van der Waals surface area contributed by atoms with E-state index in [1.165, 1.54) is 11.3 Å². The second-order valence-electron chi connectivity index (χ2n) is 11.2. The molecule has 1 aliphatic rings. The summed E-state index contributed by atoms with van der Waals surface area (Å²) in [4.78, 5) is 31.3. The van der Waals surface area contributed by atoms with Crippen LogP contribution in [0.5, 0.6) is 0 Å². The highest BCUT2D eigenvalue weighted by Crippen LogP contribution is 2.27. The predicted molar refractivity (Wildman–Crippen MR) is 155 cm³/mol. The molecule has 0 atom stereocenters. The highest BCUT2D eigenvalue weighted by molar-refractivity contribution is 7.14. The summed E-state index contributed by atoms with van der Waals surface area (Å²) in [5.74, 6) is -0.270. The SMILES string of the molecule is Cc1ncc(C(=O)Nc2nc(C(C)(C)C)cs2)cc1-n1cc(-c2cncc(N3CCN(C(C)C)CC3)c2)nn1. The van der Waals surface area contributed by atoms with Crippen molar-refractivity contribution in [2.24, 2.45) is 0 Å². The van der Waals surface area contributed by atoms with Gasteiger partial charge in [-0.05, 0) is 32.9 Å². The first-order chi connectivity index (χ1) is 18.6. The smallest absolute Gasteiger partial charge is 0.259 e. The van der Waals surface area contributed by atoms with Crippen LogP contribution in [0.25, 0.3) is 16.9 Å². The normalized spacial score (nSPS) is 14.7. The van der Waals surface area contributed by atoms with Gasteiger partial charge in [-0.15, -0.1) is 16.4 Å². The van der Waals surface area contributed by atoms with Crippen molar-refractivity contribution < 1.29 is 4.79 Å². The van der Waals surface area contributed by atoms with Gasteiger partial charge in [0.05, 0.1) is 40.7 Å². The standard InChI is InChI=1S/C28H35N9OS/c1-18(2)35-7-9-36(10-8-35)22-11-20(13-29-15-22)23-16-37(34-33-23)24-12-21(14-30-19(24)3)26(38)32-27-31-25(17-39-27)28(4,5)6/h11-18H,7-10H2,1-6H3,(H,31,32,38). The van der Waals surface area contributed by atoms with Crippen molar-refractivity contribution in [2.75, 3.05) is 36.4 Å². The minimum absolute atomic E-state index is 0.0827. The van der Waals surface area contributed by atoms with E-state index >= 15 is 0 Å². The zero-order chi connectivity index (χ0) is 27.7. The second-order valence-corrected chi connectivity index (χ2v) is 12.0. The fraction of sp³-hybridized carbons (Fsp3) is 0.429. The van der Waals surface area contributed by atoms with Gasteiger partial charge in [-0.25, -0.2) is 9.67 Å². The van der Waals surface area contributed by atoms with E-state index in [2.05, 4.69) is 81.1 Å². The number of aryl methyl sites for hydroxylation is 1. The monoisotopic (exact) mass is 545 g/mol. The van der Waals surface area contributed by atoms with Gasteiger partial charge in [0.1, 0.15) is 5.69 Å². The van der Waals surface area contributed by atoms with Crippen LogP contribution in [0.2, 0.25) is 0 Å². The van der Waals surface area contributed by atoms with E-state index in [0.29, 0.717) is 28.1 Å². The molecule has 4 aromatic heterocycles. The summed E-state index contributed by atoms with van der Waals surface area (Å²) in [5.41, 5.74) is 5.38. The number of carbonyl (C=O) groups excluding carboxylic acids is 1. The topological polar surface area (TPSA) is 105 Å². The summed E-state index contributed by atoms with van der Waals surface area (Å²) < 4.78 is 1.66. The third-order valence-corrected chi connectivity index (χ3v) is 7.74. The molecule has 11 heteroatoms. The van der Waals surface area contributed by atoms with E-state index in [1.807, 2.05) is 24.7 Å². The summed E-state index contributed by atoms with van der Waals surface area (Å²) >= 11 is 1.41. The van der Waals surface area contributed by atoms with E-state index in [-0.39, 0.29) is 11.3 Å². The summed E-state index contributed by atoms with van der Waals surface area (Å²) in [5, 5.41) is 14.2. The molecule has 0 unspecified atom stereocenters. The Morgan fingerprint density at radius 2 is 1.85 bits per heavy atom. The van der Waals surface area contributed by atoms with Crippen molar-refractivity contribution in [2.45, 2.75) is 53.0 Å². The quantitative estimate of drug-likeness (QED) is 0.376. The van der Waals surface area contributed by atoms with Crippen LogP contribution < -0.4 is 10.2 Å². The lowest BCUT2D eigenvalue weighted by Crippen LogP contribution is -2.48. The number of nitrogens with one attached hydrogen (secondary N) is 1. The lowest BCUT2D eigenvalue weighted by atomic mass is 9.93. The second kappa shape index (κ2) is 10.8. The third-order valence-electron chi connectivity index (χ3n) is 6.98. The van der Waals surface area contributed by atoms with Crippen LogP contribution in [0.3, 0.4) is 0 Å². The molecule has 0 bridgehead atoms. The number of anilines is 2. The first kappa shape index (κ1) is 26.9. The van der Waals surface area contributed by atoms with E-state index < -0.39 is 0 Å². The molecule has 5 heterocycles. The Morgan fingerprint density at radius 3 is 2.54 bits per heavy atom. The molecule has 0 spiro atoms. The molecule has 0 aliphatic carbocycles. The van der Waals surface area contributed by atoms with E-state index in [4.69, 9.17) is 0 Å². The van der Waals surface area contributed by atoms with Crippen molar-refractivity contribution in [3.8, 4) is 16.9 Å². The fourth-order valence-corrected chi connectivity index (χ4v) is 5.41. The van der Waals surface area contributed by atoms with Crippen LogP contribution in [-0.2, 0) is 5.41 Å². The molecule has 204 valence electrons. The summed E-state index contributed by atoms with van der Waals surface area (Å²) in [6, 6.07) is 4.45. The number of hydrogen-bond donors (Lipinski definition) is 1. The molecule has 39 heavy (non-hydrogen) atoms. The maximum Gasteiger partial charge on any atom is 0.259 e. The number of pyridine rings is 2. The van der Waals surface area contributed by atoms with Gasteiger partial charge in [0.25, 0.3) is 5.91 Å². The maximum atomic E-state index is 13.0. The van der Waals surface area contributed by atoms with Crippen molar-refractivity contribution in [3.63, 3.8) is 0 Å². The molecule has 5 rings (SSSR count). The molecule has 4 aromatic rings. The Balaban J connectivity index is 1.33. The average Bonchev–Trinajstić information content (AvgIpc) is 3.59. The fourth-order valence-electron chi connectivity index (χ4n) is 4.47. The summed E-state index contributed by atoms with van der Waals surface area (Å²) in [6.07, 6.45) is 7.12. The van der Waals surface area contributed by atoms with Crippen LogP contribution in [0, 0.1) is 6.92 Å². The largest absolute Gasteiger partial charge is 0.368 e. The Hall–Kier alpha value is -3.70. The van der Waals surface area contributed by atoms with Crippen LogP contribution in [-0.4, -0.2) is 73.0 Å². The predicted octanol–water partition coefficient (Wildman–Crippen LogP) is 4.57. The Bertz CT molecular complexity index is 1460. The Labute approximate surface area is 233 Å². The average molecular weight is 546 g/mol. The molecule has 1 aliphatic heterocycles. The molecule has 0 radical (unpaired) electrons. The first-order valence-corrected chi connectivity index (χ1v) is 14.1. The third kappa shape index (κ3) is 5.99. The molecule has 0 saturated carbocycles. The molecule has 1 N–H and O–H groups in total. The van der Waals surface area contributed by atoms with Gasteiger partial charge in [-0.3, -0.25) is 25.0 Å². The number of amides is 1. The van der Waals surface area contributed by atoms with E-state index in [0.717, 1.165) is 48.8 Å².